The maximum absolute atomic E-state index is 11.0. The highest BCUT2D eigenvalue weighted by Gasteiger charge is 2.02. The Kier molecular flexibility index (Phi) is 3.29. The fraction of sp³-hybridized carbons (Fsp3) is 0.143. The molecular formula is C7H7N3O3S. The number of amides is 1. The standard InChI is InChI=1S/C7H7N3O3S/c1-4-9-10-7(14-4)8-5(11)2-3-6(12)13/h2-3H,1H3,(H,12,13)(H,8,10,11). The van der Waals surface area contributed by atoms with Crippen LogP contribution in [0.15, 0.2) is 12.2 Å². The number of carboxylic acids is 1. The third-order valence-electron chi connectivity index (χ3n) is 1.13. The predicted molar refractivity (Wildman–Crippen MR) is 50.1 cm³/mol. The molecule has 1 rings (SSSR count). The van der Waals surface area contributed by atoms with Crippen LogP contribution in [0.4, 0.5) is 5.13 Å². The Morgan fingerprint density at radius 1 is 1.43 bits per heavy atom. The van der Waals surface area contributed by atoms with Crippen molar-refractivity contribution in [3.05, 3.63) is 17.2 Å². The van der Waals surface area contributed by atoms with E-state index in [1.807, 2.05) is 0 Å². The van der Waals surface area contributed by atoms with E-state index in [0.29, 0.717) is 5.13 Å². The maximum Gasteiger partial charge on any atom is 0.328 e. The van der Waals surface area contributed by atoms with Crippen molar-refractivity contribution < 1.29 is 14.7 Å². The lowest BCUT2D eigenvalue weighted by molar-refractivity contribution is -0.131. The summed E-state index contributed by atoms with van der Waals surface area (Å²) in [5.74, 6) is -1.71. The Hall–Kier alpha value is -1.76. The highest BCUT2D eigenvalue weighted by atomic mass is 32.1. The van der Waals surface area contributed by atoms with Crippen LogP contribution in [-0.2, 0) is 9.59 Å². The second kappa shape index (κ2) is 4.47. The molecule has 6 nitrogen and oxygen atoms in total. The maximum atomic E-state index is 11.0. The van der Waals surface area contributed by atoms with Crippen molar-refractivity contribution in [1.29, 1.82) is 0 Å². The van der Waals surface area contributed by atoms with Gasteiger partial charge in [-0.25, -0.2) is 4.79 Å². The first-order chi connectivity index (χ1) is 6.58. The van der Waals surface area contributed by atoms with Gasteiger partial charge in [0.2, 0.25) is 11.0 Å². The monoisotopic (exact) mass is 213 g/mol. The Balaban J connectivity index is 2.53. The molecule has 2 N–H and O–H groups in total. The van der Waals surface area contributed by atoms with Crippen molar-refractivity contribution in [2.24, 2.45) is 0 Å². The van der Waals surface area contributed by atoms with E-state index in [1.165, 1.54) is 11.3 Å². The number of carboxylic acid groups (broad SMARTS) is 1. The van der Waals surface area contributed by atoms with Crippen LogP contribution in [0.1, 0.15) is 5.01 Å². The highest BCUT2D eigenvalue weighted by molar-refractivity contribution is 7.15. The largest absolute Gasteiger partial charge is 0.478 e. The fourth-order valence-corrected chi connectivity index (χ4v) is 1.24. The Morgan fingerprint density at radius 3 is 2.64 bits per heavy atom. The second-order valence-electron chi connectivity index (χ2n) is 2.29. The van der Waals surface area contributed by atoms with Gasteiger partial charge in [0.25, 0.3) is 0 Å². The van der Waals surface area contributed by atoms with Gasteiger partial charge in [0, 0.05) is 12.2 Å². The van der Waals surface area contributed by atoms with Crippen LogP contribution in [0.3, 0.4) is 0 Å². The molecule has 1 aromatic rings. The molecule has 0 atom stereocenters. The van der Waals surface area contributed by atoms with E-state index in [2.05, 4.69) is 15.5 Å². The molecule has 0 aliphatic carbocycles. The number of nitrogens with zero attached hydrogens (tertiary/aromatic N) is 2. The minimum absolute atomic E-state index is 0.350. The number of rotatable bonds is 3. The summed E-state index contributed by atoms with van der Waals surface area (Å²) < 4.78 is 0. The number of nitrogens with one attached hydrogen (secondary N) is 1. The van der Waals surface area contributed by atoms with Crippen molar-refractivity contribution in [1.82, 2.24) is 10.2 Å². The minimum atomic E-state index is -1.17. The molecule has 0 aromatic carbocycles. The van der Waals surface area contributed by atoms with E-state index in [1.54, 1.807) is 6.92 Å². The normalized spacial score (nSPS) is 10.4. The topological polar surface area (TPSA) is 92.2 Å². The number of hydrogen-bond acceptors (Lipinski definition) is 5. The summed E-state index contributed by atoms with van der Waals surface area (Å²) in [6, 6.07) is 0. The van der Waals surface area contributed by atoms with Gasteiger partial charge in [0.05, 0.1) is 0 Å². The minimum Gasteiger partial charge on any atom is -0.478 e. The summed E-state index contributed by atoms with van der Waals surface area (Å²) in [7, 11) is 0. The van der Waals surface area contributed by atoms with E-state index in [-0.39, 0.29) is 0 Å². The highest BCUT2D eigenvalue weighted by Crippen LogP contribution is 2.13. The van der Waals surface area contributed by atoms with Crippen molar-refractivity contribution in [2.45, 2.75) is 6.92 Å². The third kappa shape index (κ3) is 3.31. The van der Waals surface area contributed by atoms with Crippen LogP contribution in [0, 0.1) is 6.92 Å². The van der Waals surface area contributed by atoms with Crippen LogP contribution < -0.4 is 5.32 Å². The number of hydrogen-bond donors (Lipinski definition) is 2. The Labute approximate surface area is 83.3 Å². The second-order valence-corrected chi connectivity index (χ2v) is 3.47. The smallest absolute Gasteiger partial charge is 0.328 e. The van der Waals surface area contributed by atoms with Crippen molar-refractivity contribution in [2.75, 3.05) is 5.32 Å². The summed E-state index contributed by atoms with van der Waals surface area (Å²) in [5, 5.41) is 19.0. The first-order valence-corrected chi connectivity index (χ1v) is 4.41. The number of carbonyl (C=O) groups excluding carboxylic acids is 1. The van der Waals surface area contributed by atoms with Gasteiger partial charge < -0.3 is 5.11 Å². The molecule has 0 saturated heterocycles. The van der Waals surface area contributed by atoms with Crippen LogP contribution in [0.5, 0.6) is 0 Å². The van der Waals surface area contributed by atoms with Crippen LogP contribution in [0.2, 0.25) is 0 Å². The lowest BCUT2D eigenvalue weighted by Crippen LogP contribution is -2.08. The van der Waals surface area contributed by atoms with Gasteiger partial charge in [0.1, 0.15) is 5.01 Å². The lowest BCUT2D eigenvalue weighted by atomic mass is 10.5. The van der Waals surface area contributed by atoms with E-state index in [4.69, 9.17) is 5.11 Å². The molecule has 14 heavy (non-hydrogen) atoms. The third-order valence-corrected chi connectivity index (χ3v) is 1.89. The molecule has 0 radical (unpaired) electrons. The van der Waals surface area contributed by atoms with E-state index in [9.17, 15) is 9.59 Å². The number of aliphatic carboxylic acids is 1. The molecule has 1 aromatic heterocycles. The van der Waals surface area contributed by atoms with Crippen molar-refractivity contribution in [3.8, 4) is 0 Å². The van der Waals surface area contributed by atoms with Gasteiger partial charge in [-0.2, -0.15) is 0 Å². The summed E-state index contributed by atoms with van der Waals surface area (Å²) in [5.41, 5.74) is 0. The molecule has 0 fully saturated rings. The molecular weight excluding hydrogens is 206 g/mol. The van der Waals surface area contributed by atoms with E-state index >= 15 is 0 Å². The lowest BCUT2D eigenvalue weighted by Gasteiger charge is -1.92. The molecule has 7 heteroatoms. The Bertz CT molecular complexity index is 385. The van der Waals surface area contributed by atoms with E-state index < -0.39 is 11.9 Å². The van der Waals surface area contributed by atoms with Gasteiger partial charge in [-0.3, -0.25) is 10.1 Å². The number of carbonyl (C=O) groups is 2. The summed E-state index contributed by atoms with van der Waals surface area (Å²) in [6.07, 6.45) is 1.67. The van der Waals surface area contributed by atoms with Crippen LogP contribution in [-0.4, -0.2) is 27.2 Å². The first-order valence-electron chi connectivity index (χ1n) is 3.60. The summed E-state index contributed by atoms with van der Waals surface area (Å²) >= 11 is 1.21. The zero-order valence-corrected chi connectivity index (χ0v) is 8.04. The molecule has 0 aliphatic rings. The predicted octanol–water partition coefficient (Wildman–Crippen LogP) is 0.426. The van der Waals surface area contributed by atoms with Crippen LogP contribution >= 0.6 is 11.3 Å². The average Bonchev–Trinajstić information content (AvgIpc) is 2.48. The van der Waals surface area contributed by atoms with Crippen LogP contribution in [0.25, 0.3) is 0 Å². The summed E-state index contributed by atoms with van der Waals surface area (Å²) in [6.45, 7) is 1.75. The zero-order chi connectivity index (χ0) is 10.6. The Morgan fingerprint density at radius 2 is 2.14 bits per heavy atom. The first kappa shape index (κ1) is 10.3. The molecule has 0 bridgehead atoms. The van der Waals surface area contributed by atoms with Gasteiger partial charge >= 0.3 is 5.97 Å². The fourth-order valence-electron chi connectivity index (χ4n) is 0.641. The molecule has 74 valence electrons. The SMILES string of the molecule is Cc1nnc(NC(=O)C=CC(=O)O)s1. The molecule has 1 heterocycles. The molecule has 0 spiro atoms. The van der Waals surface area contributed by atoms with Crippen molar-refractivity contribution in [3.63, 3.8) is 0 Å². The number of aryl methyl sites for hydroxylation is 1. The quantitative estimate of drug-likeness (QED) is 0.710. The molecule has 0 aliphatic heterocycles. The molecule has 0 unspecified atom stereocenters. The average molecular weight is 213 g/mol. The zero-order valence-electron chi connectivity index (χ0n) is 7.22. The van der Waals surface area contributed by atoms with Gasteiger partial charge in [-0.1, -0.05) is 11.3 Å². The summed E-state index contributed by atoms with van der Waals surface area (Å²) in [4.78, 5) is 21.1. The number of aromatic nitrogens is 2. The molecule has 1 amide bonds. The number of anilines is 1. The molecule has 0 saturated carbocycles. The van der Waals surface area contributed by atoms with Crippen molar-refractivity contribution >= 4 is 28.3 Å². The van der Waals surface area contributed by atoms with E-state index in [0.717, 1.165) is 17.2 Å². The van der Waals surface area contributed by atoms with Gasteiger partial charge in [-0.05, 0) is 6.92 Å². The van der Waals surface area contributed by atoms with Gasteiger partial charge in [-0.15, -0.1) is 10.2 Å². The van der Waals surface area contributed by atoms with Gasteiger partial charge in [0.15, 0.2) is 0 Å².